The van der Waals surface area contributed by atoms with Crippen LogP contribution in [-0.2, 0) is 9.59 Å². The van der Waals surface area contributed by atoms with Crippen LogP contribution < -0.4 is 11.1 Å². The molecule has 1 saturated carbocycles. The molecule has 0 bridgehead atoms. The zero-order chi connectivity index (χ0) is 18.6. The van der Waals surface area contributed by atoms with E-state index in [1.54, 1.807) is 12.1 Å². The maximum absolute atomic E-state index is 12.8. The van der Waals surface area contributed by atoms with Crippen LogP contribution in [0.5, 0.6) is 0 Å². The second kappa shape index (κ2) is 8.76. The molecule has 0 spiro atoms. The lowest BCUT2D eigenvalue weighted by Gasteiger charge is -2.32. The van der Waals surface area contributed by atoms with Crippen LogP contribution in [-0.4, -0.2) is 17.1 Å². The molecule has 1 aromatic rings. The number of nitrogens with one attached hydrogen (secondary N) is 1. The highest BCUT2D eigenvalue weighted by molar-refractivity contribution is 8.14. The van der Waals surface area contributed by atoms with Crippen LogP contribution in [0.25, 0.3) is 0 Å². The number of nitrogens with two attached hydrogens (primary N) is 1. The highest BCUT2D eigenvalue weighted by Gasteiger charge is 2.35. The predicted molar refractivity (Wildman–Crippen MR) is 105 cm³/mol. The minimum absolute atomic E-state index is 0.0420. The molecule has 0 radical (unpaired) electrons. The quantitative estimate of drug-likeness (QED) is 0.658. The van der Waals surface area contributed by atoms with Gasteiger partial charge < -0.3 is 11.1 Å². The number of anilines is 1. The first-order chi connectivity index (χ1) is 11.8. The number of carbonyl (C=O) groups excluding carboxylic acids is 2. The third kappa shape index (κ3) is 5.13. The molecule has 1 amide bonds. The van der Waals surface area contributed by atoms with Gasteiger partial charge in [-0.2, -0.15) is 0 Å². The average molecular weight is 403 g/mol. The number of thioether (sulfide) groups is 1. The summed E-state index contributed by atoms with van der Waals surface area (Å²) in [5.74, 6) is -0.0420. The lowest BCUT2D eigenvalue weighted by Crippen LogP contribution is -2.35. The first kappa shape index (κ1) is 20.6. The molecule has 0 saturated heterocycles. The monoisotopic (exact) mass is 402 g/mol. The van der Waals surface area contributed by atoms with Crippen molar-refractivity contribution in [1.29, 1.82) is 0 Å². The second-order valence-corrected chi connectivity index (χ2v) is 8.63. The van der Waals surface area contributed by atoms with Crippen molar-refractivity contribution in [2.45, 2.75) is 63.3 Å². The Morgan fingerprint density at radius 3 is 2.44 bits per heavy atom. The largest absolute Gasteiger partial charge is 0.325 e. The van der Waals surface area contributed by atoms with E-state index in [-0.39, 0.29) is 11.0 Å². The van der Waals surface area contributed by atoms with Gasteiger partial charge in [-0.05, 0) is 43.2 Å². The van der Waals surface area contributed by atoms with E-state index in [0.717, 1.165) is 37.4 Å². The van der Waals surface area contributed by atoms with Crippen molar-refractivity contribution in [3.63, 3.8) is 0 Å². The first-order valence-electron chi connectivity index (χ1n) is 8.54. The summed E-state index contributed by atoms with van der Waals surface area (Å²) < 4.78 is 0. The van der Waals surface area contributed by atoms with E-state index in [4.69, 9.17) is 28.9 Å². The minimum atomic E-state index is -0.557. The Morgan fingerprint density at radius 1 is 1.24 bits per heavy atom. The summed E-state index contributed by atoms with van der Waals surface area (Å²) in [5, 5.41) is 3.46. The zero-order valence-corrected chi connectivity index (χ0v) is 16.9. The number of hydrogen-bond acceptors (Lipinski definition) is 4. The molecule has 1 atom stereocenters. The number of rotatable bonds is 5. The maximum atomic E-state index is 12.8. The SMILES string of the molecule is CCC(N)C(=O)Sc1cc(Cl)c(Cl)cc1NC(=O)C1(C)CCCCC1. The van der Waals surface area contributed by atoms with Crippen molar-refractivity contribution in [3.8, 4) is 0 Å². The second-order valence-electron chi connectivity index (χ2n) is 6.77. The topological polar surface area (TPSA) is 72.2 Å². The van der Waals surface area contributed by atoms with E-state index in [1.165, 1.54) is 6.42 Å². The van der Waals surface area contributed by atoms with Gasteiger partial charge in [-0.1, -0.05) is 56.3 Å². The fourth-order valence-corrected chi connectivity index (χ4v) is 4.22. The van der Waals surface area contributed by atoms with Gasteiger partial charge in [0.25, 0.3) is 0 Å². The van der Waals surface area contributed by atoms with Crippen molar-refractivity contribution in [2.24, 2.45) is 11.1 Å². The van der Waals surface area contributed by atoms with Crippen LogP contribution in [0.1, 0.15) is 52.4 Å². The molecule has 1 aliphatic carbocycles. The van der Waals surface area contributed by atoms with Gasteiger partial charge in [0.2, 0.25) is 11.0 Å². The summed E-state index contributed by atoms with van der Waals surface area (Å²) in [6.07, 6.45) is 5.55. The van der Waals surface area contributed by atoms with E-state index in [2.05, 4.69) is 5.32 Å². The lowest BCUT2D eigenvalue weighted by atomic mass is 9.75. The van der Waals surface area contributed by atoms with Crippen LogP contribution in [0.3, 0.4) is 0 Å². The fourth-order valence-electron chi connectivity index (χ4n) is 2.89. The average Bonchev–Trinajstić information content (AvgIpc) is 2.59. The zero-order valence-electron chi connectivity index (χ0n) is 14.5. The van der Waals surface area contributed by atoms with Gasteiger partial charge in [0.1, 0.15) is 0 Å². The minimum Gasteiger partial charge on any atom is -0.325 e. The van der Waals surface area contributed by atoms with Crippen molar-refractivity contribution in [3.05, 3.63) is 22.2 Å². The van der Waals surface area contributed by atoms with Crippen molar-refractivity contribution >= 4 is 51.7 Å². The van der Waals surface area contributed by atoms with Gasteiger partial charge in [-0.25, -0.2) is 0 Å². The smallest absolute Gasteiger partial charge is 0.230 e. The molecule has 0 heterocycles. The number of benzene rings is 1. The Morgan fingerprint density at radius 2 is 1.84 bits per heavy atom. The van der Waals surface area contributed by atoms with Gasteiger partial charge in [-0.3, -0.25) is 9.59 Å². The number of amides is 1. The summed E-state index contributed by atoms with van der Waals surface area (Å²) >= 11 is 13.2. The van der Waals surface area contributed by atoms with Gasteiger partial charge in [0, 0.05) is 10.3 Å². The van der Waals surface area contributed by atoms with E-state index < -0.39 is 11.5 Å². The molecule has 1 aliphatic rings. The molecular formula is C18H24Cl2N2O2S. The Kier molecular flexibility index (Phi) is 7.20. The Balaban J connectivity index is 2.25. The van der Waals surface area contributed by atoms with E-state index in [9.17, 15) is 9.59 Å². The summed E-state index contributed by atoms with van der Waals surface area (Å²) in [4.78, 5) is 25.6. The molecule has 3 N–H and O–H groups in total. The van der Waals surface area contributed by atoms with Crippen LogP contribution in [0.15, 0.2) is 17.0 Å². The third-order valence-electron chi connectivity index (χ3n) is 4.73. The molecular weight excluding hydrogens is 379 g/mol. The molecule has 2 rings (SSSR count). The number of hydrogen-bond donors (Lipinski definition) is 2. The summed E-state index contributed by atoms with van der Waals surface area (Å²) in [6.45, 7) is 3.84. The van der Waals surface area contributed by atoms with Crippen molar-refractivity contribution in [1.82, 2.24) is 0 Å². The van der Waals surface area contributed by atoms with Crippen molar-refractivity contribution < 1.29 is 9.59 Å². The molecule has 1 fully saturated rings. The van der Waals surface area contributed by atoms with Crippen LogP contribution in [0, 0.1) is 5.41 Å². The molecule has 7 heteroatoms. The molecule has 0 aromatic heterocycles. The van der Waals surface area contributed by atoms with Crippen LogP contribution in [0.4, 0.5) is 5.69 Å². The predicted octanol–water partition coefficient (Wildman–Crippen LogP) is 5.26. The highest BCUT2D eigenvalue weighted by atomic mass is 35.5. The third-order valence-corrected chi connectivity index (χ3v) is 6.51. The Labute approximate surface area is 163 Å². The van der Waals surface area contributed by atoms with Gasteiger partial charge >= 0.3 is 0 Å². The normalized spacial score (nSPS) is 17.8. The first-order valence-corrected chi connectivity index (χ1v) is 10.1. The summed E-state index contributed by atoms with van der Waals surface area (Å²) in [7, 11) is 0. The van der Waals surface area contributed by atoms with Gasteiger partial charge in [0.15, 0.2) is 0 Å². The molecule has 4 nitrogen and oxygen atoms in total. The molecule has 1 aromatic carbocycles. The van der Waals surface area contributed by atoms with E-state index in [1.807, 2.05) is 13.8 Å². The maximum Gasteiger partial charge on any atom is 0.230 e. The summed E-state index contributed by atoms with van der Waals surface area (Å²) in [6, 6.07) is 2.65. The Hall–Kier alpha value is -0.750. The number of halogens is 2. The molecule has 1 unspecified atom stereocenters. The molecule has 138 valence electrons. The van der Waals surface area contributed by atoms with Gasteiger partial charge in [0.05, 0.1) is 21.8 Å². The van der Waals surface area contributed by atoms with Crippen molar-refractivity contribution in [2.75, 3.05) is 5.32 Å². The van der Waals surface area contributed by atoms with E-state index >= 15 is 0 Å². The molecule has 0 aliphatic heterocycles. The molecule has 25 heavy (non-hydrogen) atoms. The highest BCUT2D eigenvalue weighted by Crippen LogP contribution is 2.40. The lowest BCUT2D eigenvalue weighted by molar-refractivity contribution is -0.126. The summed E-state index contributed by atoms with van der Waals surface area (Å²) in [5.41, 5.74) is 5.92. The van der Waals surface area contributed by atoms with Gasteiger partial charge in [-0.15, -0.1) is 0 Å². The number of carbonyl (C=O) groups is 2. The van der Waals surface area contributed by atoms with E-state index in [0.29, 0.717) is 27.0 Å². The van der Waals surface area contributed by atoms with Crippen LogP contribution >= 0.6 is 35.0 Å². The standard InChI is InChI=1S/C18H24Cl2N2O2S/c1-3-13(21)16(23)25-15-10-12(20)11(19)9-14(15)22-17(24)18(2)7-5-4-6-8-18/h9-10,13H,3-8,21H2,1-2H3,(H,22,24). The Bertz CT molecular complexity index is 661. The fraction of sp³-hybridized carbons (Fsp3) is 0.556. The van der Waals surface area contributed by atoms with Crippen LogP contribution in [0.2, 0.25) is 10.0 Å².